The summed E-state index contributed by atoms with van der Waals surface area (Å²) < 4.78 is 11.4. The number of nitrogens with zero attached hydrogens (tertiary/aromatic N) is 1. The van der Waals surface area contributed by atoms with Crippen molar-refractivity contribution in [3.05, 3.63) is 41.3 Å². The number of esters is 1. The highest BCUT2D eigenvalue weighted by Crippen LogP contribution is 2.62. The van der Waals surface area contributed by atoms with Gasteiger partial charge in [0.2, 0.25) is 5.89 Å². The molecule has 1 unspecified atom stereocenters. The van der Waals surface area contributed by atoms with E-state index in [0.29, 0.717) is 41.0 Å². The molecule has 178 valence electrons. The zero-order valence-electron chi connectivity index (χ0n) is 20.4. The summed E-state index contributed by atoms with van der Waals surface area (Å²) in [5.41, 5.74) is 3.14. The van der Waals surface area contributed by atoms with Gasteiger partial charge in [0, 0.05) is 12.5 Å². The number of aromatic nitrogens is 1. The Labute approximate surface area is 196 Å². The second-order valence-corrected chi connectivity index (χ2v) is 10.3. The molecule has 0 spiro atoms. The fourth-order valence-corrected chi connectivity index (χ4v) is 5.96. The molecule has 33 heavy (non-hydrogen) atoms. The number of carbonyl (C=O) groups excluding carboxylic acids is 2. The van der Waals surface area contributed by atoms with Gasteiger partial charge in [0.25, 0.3) is 5.91 Å². The molecule has 1 aromatic heterocycles. The molecule has 4 atom stereocenters. The minimum atomic E-state index is -0.770. The lowest BCUT2D eigenvalue weighted by molar-refractivity contribution is -0.159. The van der Waals surface area contributed by atoms with Crippen LogP contribution in [-0.4, -0.2) is 23.0 Å². The van der Waals surface area contributed by atoms with Gasteiger partial charge in [0.05, 0.1) is 6.54 Å². The van der Waals surface area contributed by atoms with Crippen molar-refractivity contribution in [3.8, 4) is 11.5 Å². The van der Waals surface area contributed by atoms with Crippen LogP contribution in [0.15, 0.2) is 28.7 Å². The third-order valence-electron chi connectivity index (χ3n) is 8.07. The molecule has 3 aliphatic rings. The fourth-order valence-electron chi connectivity index (χ4n) is 5.96. The third-order valence-corrected chi connectivity index (χ3v) is 8.07. The van der Waals surface area contributed by atoms with Gasteiger partial charge >= 0.3 is 5.97 Å². The number of nitrogens with one attached hydrogen (secondary N) is 1. The van der Waals surface area contributed by atoms with E-state index in [0.717, 1.165) is 29.9 Å². The SMILES string of the molecule is CCc1ccccc1-c1nc(CNC(=O)C(C[C@@H]2CC[C@H]3C[C@@H]2C3(C)C)OC(C)=O)c(C)o1. The van der Waals surface area contributed by atoms with E-state index in [-0.39, 0.29) is 12.5 Å². The first kappa shape index (κ1) is 23.5. The van der Waals surface area contributed by atoms with E-state index in [1.54, 1.807) is 0 Å². The van der Waals surface area contributed by atoms with Crippen molar-refractivity contribution < 1.29 is 18.7 Å². The second-order valence-electron chi connectivity index (χ2n) is 10.3. The number of amides is 1. The summed E-state index contributed by atoms with van der Waals surface area (Å²) in [6, 6.07) is 8.04. The van der Waals surface area contributed by atoms with E-state index in [1.165, 1.54) is 19.8 Å². The van der Waals surface area contributed by atoms with Crippen LogP contribution in [0.3, 0.4) is 0 Å². The van der Waals surface area contributed by atoms with Crippen LogP contribution in [0.4, 0.5) is 0 Å². The first-order valence-corrected chi connectivity index (χ1v) is 12.2. The van der Waals surface area contributed by atoms with Crippen molar-refractivity contribution in [2.24, 2.45) is 23.2 Å². The smallest absolute Gasteiger partial charge is 0.303 e. The summed E-state index contributed by atoms with van der Waals surface area (Å²) >= 11 is 0. The highest BCUT2D eigenvalue weighted by molar-refractivity contribution is 5.83. The summed E-state index contributed by atoms with van der Waals surface area (Å²) in [6.07, 6.45) is 4.22. The maximum Gasteiger partial charge on any atom is 0.303 e. The average Bonchev–Trinajstić information content (AvgIpc) is 3.16. The quantitative estimate of drug-likeness (QED) is 0.555. The van der Waals surface area contributed by atoms with Gasteiger partial charge in [0.15, 0.2) is 6.10 Å². The number of hydrogen-bond acceptors (Lipinski definition) is 5. The number of oxazole rings is 1. The maximum absolute atomic E-state index is 13.0. The molecule has 3 saturated carbocycles. The largest absolute Gasteiger partial charge is 0.452 e. The normalized spacial score (nSPS) is 24.0. The first-order valence-electron chi connectivity index (χ1n) is 12.2. The van der Waals surface area contributed by atoms with Crippen LogP contribution in [-0.2, 0) is 27.3 Å². The van der Waals surface area contributed by atoms with Crippen LogP contribution in [0, 0.1) is 30.1 Å². The van der Waals surface area contributed by atoms with E-state index in [9.17, 15) is 9.59 Å². The Kier molecular flexibility index (Phi) is 6.64. The second kappa shape index (κ2) is 9.32. The molecular formula is C27H36N2O4. The standard InChI is InChI=1S/C27H36N2O4/c1-6-18-9-7-8-10-21(18)26-29-23(16(2)32-26)15-28-25(31)24(33-17(3)30)13-19-11-12-20-14-22(19)27(20,4)5/h7-10,19-20,22,24H,6,11-15H2,1-5H3,(H,28,31)/t19-,20-,22-,24?/m0/s1. The molecule has 2 bridgehead atoms. The highest BCUT2D eigenvalue weighted by Gasteiger charge is 2.54. The number of carbonyl (C=O) groups is 2. The van der Waals surface area contributed by atoms with Gasteiger partial charge in [-0.25, -0.2) is 4.98 Å². The average molecular weight is 453 g/mol. The van der Waals surface area contributed by atoms with Gasteiger partial charge in [-0.1, -0.05) is 39.0 Å². The Balaban J connectivity index is 1.42. The molecule has 1 N–H and O–H groups in total. The summed E-state index contributed by atoms with van der Waals surface area (Å²) in [7, 11) is 0. The molecule has 5 rings (SSSR count). The van der Waals surface area contributed by atoms with Crippen LogP contribution in [0.25, 0.3) is 11.5 Å². The minimum Gasteiger partial charge on any atom is -0.452 e. The number of benzene rings is 1. The van der Waals surface area contributed by atoms with Gasteiger partial charge in [-0.3, -0.25) is 9.59 Å². The zero-order chi connectivity index (χ0) is 23.8. The molecule has 1 amide bonds. The Morgan fingerprint density at radius 3 is 2.70 bits per heavy atom. The van der Waals surface area contributed by atoms with Gasteiger partial charge in [0.1, 0.15) is 11.5 Å². The Bertz CT molecular complexity index is 1020. The lowest BCUT2D eigenvalue weighted by Crippen LogP contribution is -2.53. The van der Waals surface area contributed by atoms with Gasteiger partial charge in [-0.05, 0) is 73.8 Å². The highest BCUT2D eigenvalue weighted by atomic mass is 16.5. The molecule has 0 aliphatic heterocycles. The van der Waals surface area contributed by atoms with Gasteiger partial charge in [-0.2, -0.15) is 0 Å². The molecule has 3 fully saturated rings. The topological polar surface area (TPSA) is 81.4 Å². The van der Waals surface area contributed by atoms with Crippen molar-refractivity contribution in [3.63, 3.8) is 0 Å². The number of rotatable bonds is 8. The molecule has 1 heterocycles. The summed E-state index contributed by atoms with van der Waals surface area (Å²) in [6.45, 7) is 10.2. The number of hydrogen-bond donors (Lipinski definition) is 1. The lowest BCUT2D eigenvalue weighted by Gasteiger charge is -2.60. The summed E-state index contributed by atoms with van der Waals surface area (Å²) in [5.74, 6) is 2.36. The van der Waals surface area contributed by atoms with E-state index < -0.39 is 12.1 Å². The monoisotopic (exact) mass is 452 g/mol. The molecule has 6 nitrogen and oxygen atoms in total. The number of ether oxygens (including phenoxy) is 1. The summed E-state index contributed by atoms with van der Waals surface area (Å²) in [4.78, 5) is 29.4. The lowest BCUT2D eigenvalue weighted by atomic mass is 9.45. The summed E-state index contributed by atoms with van der Waals surface area (Å²) in [5, 5.41) is 2.94. The third kappa shape index (κ3) is 4.71. The number of fused-ring (bicyclic) bond motifs is 2. The van der Waals surface area contributed by atoms with Crippen LogP contribution in [0.1, 0.15) is 70.4 Å². The predicted octanol–water partition coefficient (Wildman–Crippen LogP) is 5.22. The van der Waals surface area contributed by atoms with Crippen LogP contribution in [0.5, 0.6) is 0 Å². The zero-order valence-corrected chi connectivity index (χ0v) is 20.4. The van der Waals surface area contributed by atoms with Crippen molar-refractivity contribution in [1.82, 2.24) is 10.3 Å². The van der Waals surface area contributed by atoms with Crippen LogP contribution >= 0.6 is 0 Å². The first-order chi connectivity index (χ1) is 15.7. The number of aryl methyl sites for hydroxylation is 2. The molecule has 3 aliphatic carbocycles. The van der Waals surface area contributed by atoms with E-state index >= 15 is 0 Å². The molecule has 6 heteroatoms. The Morgan fingerprint density at radius 1 is 1.27 bits per heavy atom. The molecule has 0 saturated heterocycles. The Hall–Kier alpha value is -2.63. The predicted molar refractivity (Wildman–Crippen MR) is 126 cm³/mol. The van der Waals surface area contributed by atoms with Gasteiger partial charge in [-0.15, -0.1) is 0 Å². The van der Waals surface area contributed by atoms with Crippen LogP contribution < -0.4 is 5.32 Å². The van der Waals surface area contributed by atoms with Crippen molar-refractivity contribution in [2.45, 2.75) is 79.4 Å². The van der Waals surface area contributed by atoms with E-state index in [4.69, 9.17) is 9.15 Å². The van der Waals surface area contributed by atoms with E-state index in [1.807, 2.05) is 25.1 Å². The van der Waals surface area contributed by atoms with Gasteiger partial charge < -0.3 is 14.5 Å². The van der Waals surface area contributed by atoms with Crippen LogP contribution in [0.2, 0.25) is 0 Å². The minimum absolute atomic E-state index is 0.238. The molecule has 0 radical (unpaired) electrons. The molecule has 1 aromatic carbocycles. The Morgan fingerprint density at radius 2 is 2.03 bits per heavy atom. The fraction of sp³-hybridized carbons (Fsp3) is 0.593. The van der Waals surface area contributed by atoms with Crippen molar-refractivity contribution in [2.75, 3.05) is 0 Å². The maximum atomic E-state index is 13.0. The van der Waals surface area contributed by atoms with Crippen molar-refractivity contribution >= 4 is 11.9 Å². The molecule has 2 aromatic rings. The molecular weight excluding hydrogens is 416 g/mol. The van der Waals surface area contributed by atoms with Crippen molar-refractivity contribution in [1.29, 1.82) is 0 Å². The van der Waals surface area contributed by atoms with E-state index in [2.05, 4.69) is 37.1 Å².